The van der Waals surface area contributed by atoms with Crippen LogP contribution in [0.15, 0.2) is 30.3 Å². The Labute approximate surface area is 111 Å². The summed E-state index contributed by atoms with van der Waals surface area (Å²) in [5.74, 6) is 0. The Morgan fingerprint density at radius 2 is 2.06 bits per heavy atom. The summed E-state index contributed by atoms with van der Waals surface area (Å²) in [4.78, 5) is 0. The summed E-state index contributed by atoms with van der Waals surface area (Å²) >= 11 is 5.84. The maximum absolute atomic E-state index is 13.7. The van der Waals surface area contributed by atoms with E-state index in [2.05, 4.69) is 0 Å². The van der Waals surface area contributed by atoms with Gasteiger partial charge in [-0.2, -0.15) is 0 Å². The van der Waals surface area contributed by atoms with Crippen molar-refractivity contribution in [3.63, 3.8) is 0 Å². The number of alkyl halides is 2. The Morgan fingerprint density at radius 1 is 1.33 bits per heavy atom. The molecule has 1 fully saturated rings. The molecule has 1 heterocycles. The zero-order valence-corrected chi connectivity index (χ0v) is 10.8. The van der Waals surface area contributed by atoms with Gasteiger partial charge in [0.15, 0.2) is 6.29 Å². The molecule has 0 N–H and O–H groups in total. The minimum atomic E-state index is -1.27. The van der Waals surface area contributed by atoms with Crippen molar-refractivity contribution in [3.05, 3.63) is 35.9 Å². The van der Waals surface area contributed by atoms with Gasteiger partial charge in [-0.1, -0.05) is 30.3 Å². The van der Waals surface area contributed by atoms with Crippen molar-refractivity contribution < 1.29 is 18.6 Å². The lowest BCUT2D eigenvalue weighted by atomic mass is 10.2. The van der Waals surface area contributed by atoms with E-state index in [0.717, 1.165) is 5.56 Å². The Kier molecular flexibility index (Phi) is 4.95. The number of rotatable bonds is 5. The van der Waals surface area contributed by atoms with E-state index in [9.17, 15) is 4.39 Å². The molecule has 0 amide bonds. The molecule has 0 bridgehead atoms. The SMILES string of the molecule is CO[C@@H]1O[C@H](COCc2ccccc2)[C@@H](F)[C@H]1Cl. The van der Waals surface area contributed by atoms with E-state index in [0.29, 0.717) is 6.61 Å². The zero-order valence-electron chi connectivity index (χ0n) is 10.1. The van der Waals surface area contributed by atoms with Gasteiger partial charge in [0.2, 0.25) is 0 Å². The Bertz CT molecular complexity index is 363. The van der Waals surface area contributed by atoms with E-state index in [1.165, 1.54) is 7.11 Å². The van der Waals surface area contributed by atoms with Crippen LogP contribution >= 0.6 is 11.6 Å². The molecule has 0 aromatic heterocycles. The van der Waals surface area contributed by atoms with E-state index < -0.39 is 23.9 Å². The maximum atomic E-state index is 13.7. The largest absolute Gasteiger partial charge is 0.374 e. The number of hydrogen-bond acceptors (Lipinski definition) is 3. The predicted molar refractivity (Wildman–Crippen MR) is 66.3 cm³/mol. The van der Waals surface area contributed by atoms with Gasteiger partial charge in [-0.25, -0.2) is 4.39 Å². The lowest BCUT2D eigenvalue weighted by Gasteiger charge is -2.13. The van der Waals surface area contributed by atoms with E-state index in [-0.39, 0.29) is 6.61 Å². The molecule has 0 unspecified atom stereocenters. The van der Waals surface area contributed by atoms with Crippen molar-refractivity contribution >= 4 is 11.6 Å². The second-order valence-electron chi connectivity index (χ2n) is 4.17. The minimum absolute atomic E-state index is 0.166. The van der Waals surface area contributed by atoms with Gasteiger partial charge in [0.1, 0.15) is 17.7 Å². The average Bonchev–Trinajstić information content (AvgIpc) is 2.68. The van der Waals surface area contributed by atoms with Crippen molar-refractivity contribution in [2.75, 3.05) is 13.7 Å². The Hall–Kier alpha value is -0.680. The van der Waals surface area contributed by atoms with Crippen LogP contribution in [0.2, 0.25) is 0 Å². The van der Waals surface area contributed by atoms with E-state index in [1.54, 1.807) is 0 Å². The van der Waals surface area contributed by atoms with Crippen molar-refractivity contribution in [1.82, 2.24) is 0 Å². The second-order valence-corrected chi connectivity index (χ2v) is 4.67. The van der Waals surface area contributed by atoms with Crippen molar-refractivity contribution in [2.45, 2.75) is 30.5 Å². The first-order valence-electron chi connectivity index (χ1n) is 5.80. The first-order chi connectivity index (χ1) is 8.72. The van der Waals surface area contributed by atoms with Gasteiger partial charge in [0.25, 0.3) is 0 Å². The van der Waals surface area contributed by atoms with E-state index in [1.807, 2.05) is 30.3 Å². The van der Waals surface area contributed by atoms with Crippen LogP contribution < -0.4 is 0 Å². The number of methoxy groups -OCH3 is 1. The lowest BCUT2D eigenvalue weighted by molar-refractivity contribution is -0.131. The predicted octanol–water partition coefficient (Wildman–Crippen LogP) is 2.52. The quantitative estimate of drug-likeness (QED) is 0.772. The molecule has 3 nitrogen and oxygen atoms in total. The molecule has 0 spiro atoms. The summed E-state index contributed by atoms with van der Waals surface area (Å²) in [5.41, 5.74) is 1.04. The van der Waals surface area contributed by atoms with Crippen LogP contribution in [0, 0.1) is 0 Å². The summed E-state index contributed by atoms with van der Waals surface area (Å²) in [6, 6.07) is 9.69. The van der Waals surface area contributed by atoms with Crippen molar-refractivity contribution in [2.24, 2.45) is 0 Å². The highest BCUT2D eigenvalue weighted by Crippen LogP contribution is 2.29. The summed E-state index contributed by atoms with van der Waals surface area (Å²) in [5, 5.41) is -0.777. The monoisotopic (exact) mass is 274 g/mol. The Balaban J connectivity index is 1.77. The summed E-state index contributed by atoms with van der Waals surface area (Å²) in [6.45, 7) is 0.594. The van der Waals surface area contributed by atoms with Crippen LogP contribution in [0.3, 0.4) is 0 Å². The molecule has 2 rings (SSSR count). The summed E-state index contributed by atoms with van der Waals surface area (Å²) in [6.07, 6.45) is -2.64. The minimum Gasteiger partial charge on any atom is -0.374 e. The molecule has 1 aromatic rings. The number of hydrogen-bond donors (Lipinski definition) is 0. The Morgan fingerprint density at radius 3 is 2.67 bits per heavy atom. The van der Waals surface area contributed by atoms with Crippen LogP contribution in [-0.2, 0) is 20.8 Å². The van der Waals surface area contributed by atoms with Gasteiger partial charge in [-0.3, -0.25) is 0 Å². The molecule has 1 aliphatic heterocycles. The highest BCUT2D eigenvalue weighted by Gasteiger charge is 2.44. The highest BCUT2D eigenvalue weighted by atomic mass is 35.5. The van der Waals surface area contributed by atoms with Crippen LogP contribution in [0.25, 0.3) is 0 Å². The fourth-order valence-corrected chi connectivity index (χ4v) is 2.19. The number of halogens is 2. The van der Waals surface area contributed by atoms with Crippen LogP contribution in [0.5, 0.6) is 0 Å². The van der Waals surface area contributed by atoms with Gasteiger partial charge < -0.3 is 14.2 Å². The third-order valence-corrected chi connectivity index (χ3v) is 3.30. The molecular formula is C13H16ClFO3. The number of benzene rings is 1. The fraction of sp³-hybridized carbons (Fsp3) is 0.538. The first kappa shape index (κ1) is 13.7. The summed E-state index contributed by atoms with van der Waals surface area (Å²) in [7, 11) is 1.44. The standard InChI is InChI=1S/C13H16ClFO3/c1-16-13-11(14)12(15)10(18-13)8-17-7-9-5-3-2-4-6-9/h2-6,10-13H,7-8H2,1H3/t10-,11-,12-,13-/m1/s1. The van der Waals surface area contributed by atoms with Crippen molar-refractivity contribution in [3.8, 4) is 0 Å². The van der Waals surface area contributed by atoms with Gasteiger partial charge in [0.05, 0.1) is 13.2 Å². The van der Waals surface area contributed by atoms with E-state index >= 15 is 0 Å². The lowest BCUT2D eigenvalue weighted by Crippen LogP contribution is -2.27. The molecule has 1 saturated heterocycles. The highest BCUT2D eigenvalue weighted by molar-refractivity contribution is 6.21. The maximum Gasteiger partial charge on any atom is 0.176 e. The van der Waals surface area contributed by atoms with Gasteiger partial charge in [-0.15, -0.1) is 11.6 Å². The number of ether oxygens (including phenoxy) is 3. The van der Waals surface area contributed by atoms with Gasteiger partial charge in [-0.05, 0) is 5.56 Å². The zero-order chi connectivity index (χ0) is 13.0. The fourth-order valence-electron chi connectivity index (χ4n) is 1.86. The third-order valence-electron chi connectivity index (χ3n) is 2.85. The molecule has 1 aliphatic rings. The molecule has 18 heavy (non-hydrogen) atoms. The van der Waals surface area contributed by atoms with Crippen molar-refractivity contribution in [1.29, 1.82) is 0 Å². The molecular weight excluding hydrogens is 259 g/mol. The van der Waals surface area contributed by atoms with Gasteiger partial charge >= 0.3 is 0 Å². The second kappa shape index (κ2) is 6.48. The normalized spacial score (nSPS) is 31.7. The summed E-state index contributed by atoms with van der Waals surface area (Å²) < 4.78 is 29.4. The van der Waals surface area contributed by atoms with Crippen LogP contribution in [-0.4, -0.2) is 37.7 Å². The molecule has 4 atom stereocenters. The van der Waals surface area contributed by atoms with E-state index in [4.69, 9.17) is 25.8 Å². The first-order valence-corrected chi connectivity index (χ1v) is 6.24. The molecule has 0 radical (unpaired) electrons. The third kappa shape index (κ3) is 3.20. The van der Waals surface area contributed by atoms with Crippen LogP contribution in [0.1, 0.15) is 5.56 Å². The van der Waals surface area contributed by atoms with Gasteiger partial charge in [0, 0.05) is 7.11 Å². The molecule has 0 saturated carbocycles. The molecule has 100 valence electrons. The molecule has 0 aliphatic carbocycles. The topological polar surface area (TPSA) is 27.7 Å². The van der Waals surface area contributed by atoms with Crippen LogP contribution in [0.4, 0.5) is 4.39 Å². The molecule has 1 aromatic carbocycles. The average molecular weight is 275 g/mol. The molecule has 5 heteroatoms. The smallest absolute Gasteiger partial charge is 0.176 e.